The molecule has 166 valence electrons. The maximum atomic E-state index is 13.0. The van der Waals surface area contributed by atoms with Crippen molar-refractivity contribution < 1.29 is 14.3 Å². The van der Waals surface area contributed by atoms with Gasteiger partial charge in [0, 0.05) is 29.5 Å². The van der Waals surface area contributed by atoms with Gasteiger partial charge in [0.25, 0.3) is 11.3 Å². The summed E-state index contributed by atoms with van der Waals surface area (Å²) in [6, 6.07) is 17.1. The number of nitrogens with zero attached hydrogens (tertiary/aromatic N) is 2. The largest absolute Gasteiger partial charge is 0.448 e. The molecule has 1 amide bonds. The molecule has 1 aliphatic carbocycles. The third-order valence-corrected chi connectivity index (χ3v) is 7.22. The van der Waals surface area contributed by atoms with Gasteiger partial charge in [-0.05, 0) is 36.6 Å². The number of hydrogen-bond donors (Lipinski definition) is 1. The van der Waals surface area contributed by atoms with Crippen LogP contribution in [0.3, 0.4) is 0 Å². The van der Waals surface area contributed by atoms with Crippen molar-refractivity contribution in [3.8, 4) is 21.9 Å². The Hall–Kier alpha value is -3.65. The van der Waals surface area contributed by atoms with E-state index in [0.717, 1.165) is 36.1 Å². The van der Waals surface area contributed by atoms with Crippen LogP contribution in [0.1, 0.15) is 25.7 Å². The Labute approximate surface area is 193 Å². The average molecular weight is 460 g/mol. The lowest BCUT2D eigenvalue weighted by Crippen LogP contribution is -2.34. The second-order valence-electron chi connectivity index (χ2n) is 8.40. The highest BCUT2D eigenvalue weighted by atomic mass is 32.1. The maximum Gasteiger partial charge on any atom is 0.271 e. The predicted molar refractivity (Wildman–Crippen MR) is 127 cm³/mol. The Morgan fingerprint density at radius 3 is 2.67 bits per heavy atom. The Morgan fingerprint density at radius 1 is 1.06 bits per heavy atom. The highest BCUT2D eigenvalue weighted by Gasteiger charge is 2.44. The van der Waals surface area contributed by atoms with Gasteiger partial charge in [0.1, 0.15) is 11.2 Å². The number of benzene rings is 2. The van der Waals surface area contributed by atoms with Crippen LogP contribution in [0.5, 0.6) is 11.5 Å². The first-order valence-electron chi connectivity index (χ1n) is 10.9. The van der Waals surface area contributed by atoms with E-state index in [1.807, 2.05) is 42.5 Å². The second-order valence-corrected chi connectivity index (χ2v) is 9.45. The zero-order chi connectivity index (χ0) is 22.4. The number of aromatic nitrogens is 2. The van der Waals surface area contributed by atoms with Crippen LogP contribution in [0.25, 0.3) is 20.7 Å². The number of thiophene rings is 1. The van der Waals surface area contributed by atoms with Crippen LogP contribution < -0.4 is 20.3 Å². The summed E-state index contributed by atoms with van der Waals surface area (Å²) in [5, 5.41) is 2.85. The van der Waals surface area contributed by atoms with Gasteiger partial charge in [-0.15, -0.1) is 11.3 Å². The smallest absolute Gasteiger partial charge is 0.271 e. The quantitative estimate of drug-likeness (QED) is 0.474. The lowest BCUT2D eigenvalue weighted by atomic mass is 10.2. The van der Waals surface area contributed by atoms with Crippen molar-refractivity contribution in [1.82, 2.24) is 9.55 Å². The van der Waals surface area contributed by atoms with Gasteiger partial charge in [-0.25, -0.2) is 4.98 Å². The van der Waals surface area contributed by atoms with E-state index in [1.165, 1.54) is 22.2 Å². The average Bonchev–Trinajstić information content (AvgIpc) is 3.54. The molecule has 4 aromatic rings. The van der Waals surface area contributed by atoms with Crippen molar-refractivity contribution in [3.05, 3.63) is 71.3 Å². The van der Waals surface area contributed by atoms with Gasteiger partial charge in [-0.1, -0.05) is 30.3 Å². The first kappa shape index (κ1) is 20.0. The summed E-state index contributed by atoms with van der Waals surface area (Å²) in [5.41, 5.74) is 2.04. The molecule has 0 unspecified atom stereocenters. The van der Waals surface area contributed by atoms with E-state index in [9.17, 15) is 9.59 Å². The topological polar surface area (TPSA) is 82.5 Å². The molecule has 33 heavy (non-hydrogen) atoms. The molecular formula is C25H21N3O4S. The normalized spacial score (nSPS) is 15.9. The maximum absolute atomic E-state index is 13.0. The Bertz CT molecular complexity index is 1420. The van der Waals surface area contributed by atoms with Crippen LogP contribution >= 0.6 is 11.3 Å². The monoisotopic (exact) mass is 459 g/mol. The lowest BCUT2D eigenvalue weighted by Gasteiger charge is -2.21. The second kappa shape index (κ2) is 7.74. The first-order valence-corrected chi connectivity index (χ1v) is 11.8. The molecule has 0 radical (unpaired) electrons. The summed E-state index contributed by atoms with van der Waals surface area (Å²) >= 11 is 1.39. The van der Waals surface area contributed by atoms with Gasteiger partial charge in [0.2, 0.25) is 5.91 Å². The number of anilines is 1. The highest BCUT2D eigenvalue weighted by Crippen LogP contribution is 2.47. The van der Waals surface area contributed by atoms with Gasteiger partial charge in [0.05, 0.1) is 11.8 Å². The molecule has 2 aromatic carbocycles. The van der Waals surface area contributed by atoms with Crippen LogP contribution in [-0.2, 0) is 11.3 Å². The van der Waals surface area contributed by atoms with Gasteiger partial charge in [0.15, 0.2) is 11.5 Å². The van der Waals surface area contributed by atoms with E-state index >= 15 is 0 Å². The number of nitrogens with one attached hydrogen (secondary N) is 1. The fourth-order valence-electron chi connectivity index (χ4n) is 4.45. The van der Waals surface area contributed by atoms with Crippen molar-refractivity contribution in [2.75, 3.05) is 5.32 Å². The van der Waals surface area contributed by atoms with E-state index in [-0.39, 0.29) is 18.0 Å². The number of carbonyl (C=O) groups is 1. The molecule has 2 aromatic heterocycles. The van der Waals surface area contributed by atoms with Crippen molar-refractivity contribution in [3.63, 3.8) is 0 Å². The number of hydrogen-bond acceptors (Lipinski definition) is 6. The number of rotatable bonds is 4. The first-order chi connectivity index (χ1) is 16.1. The lowest BCUT2D eigenvalue weighted by molar-refractivity contribution is -0.116. The Kier molecular flexibility index (Phi) is 4.69. The molecule has 1 saturated carbocycles. The number of amides is 1. The van der Waals surface area contributed by atoms with Crippen molar-refractivity contribution in [1.29, 1.82) is 0 Å². The minimum Gasteiger partial charge on any atom is -0.448 e. The van der Waals surface area contributed by atoms with E-state index < -0.39 is 5.79 Å². The summed E-state index contributed by atoms with van der Waals surface area (Å²) in [7, 11) is 0. The fourth-order valence-corrected chi connectivity index (χ4v) is 5.51. The predicted octanol–water partition coefficient (Wildman–Crippen LogP) is 4.81. The number of carbonyl (C=O) groups excluding carboxylic acids is 1. The molecule has 0 saturated heterocycles. The van der Waals surface area contributed by atoms with Crippen LogP contribution in [0.4, 0.5) is 5.69 Å². The summed E-state index contributed by atoms with van der Waals surface area (Å²) in [4.78, 5) is 31.0. The Morgan fingerprint density at radius 2 is 1.85 bits per heavy atom. The molecule has 1 aliphatic heterocycles. The van der Waals surface area contributed by atoms with Crippen molar-refractivity contribution in [2.24, 2.45) is 0 Å². The van der Waals surface area contributed by atoms with Gasteiger partial charge < -0.3 is 14.8 Å². The summed E-state index contributed by atoms with van der Waals surface area (Å²) in [5.74, 6) is 0.487. The number of fused-ring (bicyclic) bond motifs is 2. The number of ether oxygens (including phenoxy) is 2. The SMILES string of the molecule is O=C(Cn1cnc2cc(-c3ccccc3)sc2c1=O)Nc1ccc2c(c1)OC1(CCCC1)O2. The minimum absolute atomic E-state index is 0.126. The van der Waals surface area contributed by atoms with Crippen LogP contribution in [0.2, 0.25) is 0 Å². The van der Waals surface area contributed by atoms with Gasteiger partial charge in [-0.2, -0.15) is 0 Å². The summed E-state index contributed by atoms with van der Waals surface area (Å²) in [6.07, 6.45) is 5.34. The molecule has 1 N–H and O–H groups in total. The standard InChI is InChI=1S/C25H21N3O4S/c29-22(27-17-8-9-19-20(12-17)32-25(31-19)10-4-5-11-25)14-28-15-26-18-13-21(33-23(18)24(28)30)16-6-2-1-3-7-16/h1-3,6-9,12-13,15H,4-5,10-11,14H2,(H,27,29). The molecular weight excluding hydrogens is 438 g/mol. The molecule has 3 heterocycles. The molecule has 1 spiro atoms. The molecule has 0 atom stereocenters. The molecule has 1 fully saturated rings. The molecule has 8 heteroatoms. The molecule has 2 aliphatic rings. The molecule has 0 bridgehead atoms. The highest BCUT2D eigenvalue weighted by molar-refractivity contribution is 7.22. The Balaban J connectivity index is 1.19. The van der Waals surface area contributed by atoms with E-state index in [0.29, 0.717) is 27.4 Å². The third-order valence-electron chi connectivity index (χ3n) is 6.06. The van der Waals surface area contributed by atoms with Crippen molar-refractivity contribution >= 4 is 33.1 Å². The fraction of sp³-hybridized carbons (Fsp3) is 0.240. The minimum atomic E-state index is -0.543. The van der Waals surface area contributed by atoms with Crippen LogP contribution in [0, 0.1) is 0 Å². The van der Waals surface area contributed by atoms with Gasteiger partial charge in [-0.3, -0.25) is 14.2 Å². The van der Waals surface area contributed by atoms with E-state index in [4.69, 9.17) is 9.47 Å². The molecule has 7 nitrogen and oxygen atoms in total. The van der Waals surface area contributed by atoms with Gasteiger partial charge >= 0.3 is 0 Å². The third kappa shape index (κ3) is 3.66. The summed E-state index contributed by atoms with van der Waals surface area (Å²) < 4.78 is 14.0. The summed E-state index contributed by atoms with van der Waals surface area (Å²) in [6.45, 7) is -0.126. The van der Waals surface area contributed by atoms with Crippen LogP contribution in [0.15, 0.2) is 65.7 Å². The zero-order valence-corrected chi connectivity index (χ0v) is 18.6. The van der Waals surface area contributed by atoms with Crippen molar-refractivity contribution in [2.45, 2.75) is 38.0 Å². The zero-order valence-electron chi connectivity index (χ0n) is 17.7. The van der Waals surface area contributed by atoms with E-state index in [1.54, 1.807) is 12.1 Å². The van der Waals surface area contributed by atoms with E-state index in [2.05, 4.69) is 10.3 Å². The molecule has 6 rings (SSSR count). The van der Waals surface area contributed by atoms with Crippen LogP contribution in [-0.4, -0.2) is 21.2 Å².